The molecule has 2 heterocycles. The van der Waals surface area contributed by atoms with E-state index in [2.05, 4.69) is 10.3 Å². The number of nitrogens with zero attached hydrogens (tertiary/aromatic N) is 2. The Hall–Kier alpha value is -3.15. The van der Waals surface area contributed by atoms with Gasteiger partial charge in [0.15, 0.2) is 0 Å². The first-order valence-electron chi connectivity index (χ1n) is 8.15. The lowest BCUT2D eigenvalue weighted by Crippen LogP contribution is -2.22. The van der Waals surface area contributed by atoms with Gasteiger partial charge in [-0.1, -0.05) is 12.1 Å². The zero-order chi connectivity index (χ0) is 17.2. The minimum atomic E-state index is -0.295. The summed E-state index contributed by atoms with van der Waals surface area (Å²) in [5.74, 6) is 0.991. The van der Waals surface area contributed by atoms with Gasteiger partial charge in [0.1, 0.15) is 5.76 Å². The third-order valence-corrected chi connectivity index (χ3v) is 4.37. The molecule has 0 unspecified atom stereocenters. The summed E-state index contributed by atoms with van der Waals surface area (Å²) in [5, 5.41) is 2.95. The number of anilines is 1. The summed E-state index contributed by atoms with van der Waals surface area (Å²) in [4.78, 5) is 27.8. The molecule has 1 aromatic carbocycles. The fourth-order valence-corrected chi connectivity index (χ4v) is 2.99. The topological polar surface area (TPSA) is 77.1 Å². The Morgan fingerprint density at radius 2 is 2.20 bits per heavy atom. The molecule has 126 valence electrons. The van der Waals surface area contributed by atoms with Crippen LogP contribution in [0.3, 0.4) is 0 Å². The van der Waals surface area contributed by atoms with Gasteiger partial charge in [0.25, 0.3) is 0 Å². The van der Waals surface area contributed by atoms with E-state index in [1.165, 1.54) is 10.8 Å². The second-order valence-electron chi connectivity index (χ2n) is 6.18. The molecule has 4 rings (SSSR count). The van der Waals surface area contributed by atoms with E-state index in [9.17, 15) is 9.59 Å². The maximum absolute atomic E-state index is 12.4. The van der Waals surface area contributed by atoms with Crippen LogP contribution in [0.15, 0.2) is 70.3 Å². The number of hydrogen-bond donors (Lipinski definition) is 1. The van der Waals surface area contributed by atoms with Crippen LogP contribution < -0.4 is 11.0 Å². The molecule has 1 aliphatic rings. The lowest BCUT2D eigenvalue weighted by molar-refractivity contribution is -0.117. The molecular formula is C19H17N3O3. The van der Waals surface area contributed by atoms with Crippen LogP contribution in [0.25, 0.3) is 0 Å². The van der Waals surface area contributed by atoms with Gasteiger partial charge in [-0.3, -0.25) is 9.36 Å². The highest BCUT2D eigenvalue weighted by Gasteiger charge is 2.45. The first kappa shape index (κ1) is 15.4. The van der Waals surface area contributed by atoms with Crippen LogP contribution in [0.5, 0.6) is 0 Å². The van der Waals surface area contributed by atoms with E-state index in [1.54, 1.807) is 18.5 Å². The van der Waals surface area contributed by atoms with Gasteiger partial charge < -0.3 is 9.73 Å². The first-order valence-corrected chi connectivity index (χ1v) is 8.15. The molecule has 1 saturated carbocycles. The molecule has 25 heavy (non-hydrogen) atoms. The molecule has 6 heteroatoms. The Morgan fingerprint density at radius 3 is 3.00 bits per heavy atom. The average Bonchev–Trinajstić information content (AvgIpc) is 3.23. The molecule has 0 bridgehead atoms. The van der Waals surface area contributed by atoms with Gasteiger partial charge in [0.2, 0.25) is 5.91 Å². The first-order chi connectivity index (χ1) is 12.2. The van der Waals surface area contributed by atoms with E-state index < -0.39 is 0 Å². The van der Waals surface area contributed by atoms with E-state index in [-0.39, 0.29) is 23.4 Å². The van der Waals surface area contributed by atoms with Crippen LogP contribution in [0.1, 0.15) is 23.7 Å². The molecule has 3 aromatic rings. The molecule has 6 nitrogen and oxygen atoms in total. The van der Waals surface area contributed by atoms with Crippen molar-refractivity contribution in [3.8, 4) is 0 Å². The maximum atomic E-state index is 12.4. The third-order valence-electron chi connectivity index (χ3n) is 4.37. The van der Waals surface area contributed by atoms with Crippen molar-refractivity contribution >= 4 is 11.6 Å². The molecule has 1 N–H and O–H groups in total. The predicted octanol–water partition coefficient (Wildman–Crippen LogP) is 2.63. The van der Waals surface area contributed by atoms with Crippen molar-refractivity contribution in [3.05, 3.63) is 82.9 Å². The number of benzene rings is 1. The number of aromatic nitrogens is 2. The molecule has 2 atom stereocenters. The molecule has 0 radical (unpaired) electrons. The number of amides is 1. The van der Waals surface area contributed by atoms with Crippen molar-refractivity contribution in [1.82, 2.24) is 9.55 Å². The highest BCUT2D eigenvalue weighted by Crippen LogP contribution is 2.48. The summed E-state index contributed by atoms with van der Waals surface area (Å²) in [6, 6.07) is 13.0. The molecule has 0 aliphatic heterocycles. The number of carbonyl (C=O) groups excluding carboxylic acids is 1. The molecule has 1 aliphatic carbocycles. The quantitative estimate of drug-likeness (QED) is 0.777. The van der Waals surface area contributed by atoms with Crippen molar-refractivity contribution < 1.29 is 9.21 Å². The monoisotopic (exact) mass is 335 g/mol. The van der Waals surface area contributed by atoms with E-state index in [1.807, 2.05) is 36.4 Å². The van der Waals surface area contributed by atoms with Gasteiger partial charge in [-0.15, -0.1) is 0 Å². The van der Waals surface area contributed by atoms with Gasteiger partial charge in [-0.05, 0) is 42.3 Å². The summed E-state index contributed by atoms with van der Waals surface area (Å²) in [6.07, 6.45) is 5.61. The fraction of sp³-hybridized carbons (Fsp3) is 0.211. The normalized spacial score (nSPS) is 18.7. The van der Waals surface area contributed by atoms with E-state index >= 15 is 0 Å². The second kappa shape index (κ2) is 6.39. The summed E-state index contributed by atoms with van der Waals surface area (Å²) in [6.45, 7) is 0.412. The molecule has 0 spiro atoms. The standard InChI is InChI=1S/C19H17N3O3/c23-18(16-11-15(16)17-6-2-9-25-17)21-14-5-1-4-13(10-14)12-22-8-3-7-20-19(22)24/h1-10,15-16H,11-12H2,(H,21,23)/t15-,16+/m1/s1. The molecular weight excluding hydrogens is 318 g/mol. The van der Waals surface area contributed by atoms with Crippen LogP contribution in [-0.4, -0.2) is 15.5 Å². The minimum absolute atomic E-state index is 0.00269. The van der Waals surface area contributed by atoms with Crippen LogP contribution in [0.4, 0.5) is 5.69 Å². The van der Waals surface area contributed by atoms with Gasteiger partial charge >= 0.3 is 5.69 Å². The Labute approximate surface area is 144 Å². The largest absolute Gasteiger partial charge is 0.469 e. The Bertz CT molecular complexity index is 946. The number of rotatable bonds is 5. The number of nitrogens with one attached hydrogen (secondary N) is 1. The SMILES string of the molecule is O=C(Nc1cccc(Cn2cccnc2=O)c1)[C@H]1C[C@H]1c1ccco1. The zero-order valence-electron chi connectivity index (χ0n) is 13.5. The Balaban J connectivity index is 1.43. The molecule has 1 fully saturated rings. The average molecular weight is 335 g/mol. The molecule has 1 amide bonds. The van der Waals surface area contributed by atoms with Crippen LogP contribution in [0, 0.1) is 5.92 Å². The van der Waals surface area contributed by atoms with Crippen LogP contribution in [0.2, 0.25) is 0 Å². The van der Waals surface area contributed by atoms with E-state index in [0.29, 0.717) is 6.54 Å². The Morgan fingerprint density at radius 1 is 1.28 bits per heavy atom. The number of furan rings is 1. The maximum Gasteiger partial charge on any atom is 0.347 e. The highest BCUT2D eigenvalue weighted by atomic mass is 16.3. The lowest BCUT2D eigenvalue weighted by Gasteiger charge is -2.08. The number of carbonyl (C=O) groups is 1. The van der Waals surface area contributed by atoms with Crippen molar-refractivity contribution in [3.63, 3.8) is 0 Å². The number of hydrogen-bond acceptors (Lipinski definition) is 4. The lowest BCUT2D eigenvalue weighted by atomic mass is 10.2. The highest BCUT2D eigenvalue weighted by molar-refractivity contribution is 5.95. The van der Waals surface area contributed by atoms with E-state index in [4.69, 9.17) is 4.42 Å². The molecule has 0 saturated heterocycles. The van der Waals surface area contributed by atoms with Crippen molar-refractivity contribution in [1.29, 1.82) is 0 Å². The van der Waals surface area contributed by atoms with Crippen LogP contribution >= 0.6 is 0 Å². The van der Waals surface area contributed by atoms with Gasteiger partial charge in [-0.25, -0.2) is 9.78 Å². The summed E-state index contributed by atoms with van der Waals surface area (Å²) < 4.78 is 6.89. The predicted molar refractivity (Wildman–Crippen MR) is 92.2 cm³/mol. The third kappa shape index (κ3) is 3.38. The Kier molecular flexibility index (Phi) is 3.93. The second-order valence-corrected chi connectivity index (χ2v) is 6.18. The van der Waals surface area contributed by atoms with Gasteiger partial charge in [-0.2, -0.15) is 0 Å². The van der Waals surface area contributed by atoms with Gasteiger partial charge in [0.05, 0.1) is 12.8 Å². The fourth-order valence-electron chi connectivity index (χ4n) is 2.99. The van der Waals surface area contributed by atoms with Gasteiger partial charge in [0, 0.05) is 29.9 Å². The van der Waals surface area contributed by atoms with Crippen molar-refractivity contribution in [2.24, 2.45) is 5.92 Å². The summed E-state index contributed by atoms with van der Waals surface area (Å²) in [5.41, 5.74) is 1.35. The summed E-state index contributed by atoms with van der Waals surface area (Å²) in [7, 11) is 0. The van der Waals surface area contributed by atoms with Crippen molar-refractivity contribution in [2.45, 2.75) is 18.9 Å². The van der Waals surface area contributed by atoms with Crippen molar-refractivity contribution in [2.75, 3.05) is 5.32 Å². The zero-order valence-corrected chi connectivity index (χ0v) is 13.5. The van der Waals surface area contributed by atoms with E-state index in [0.717, 1.165) is 23.4 Å². The summed E-state index contributed by atoms with van der Waals surface area (Å²) >= 11 is 0. The van der Waals surface area contributed by atoms with Crippen LogP contribution in [-0.2, 0) is 11.3 Å². The molecule has 2 aromatic heterocycles. The minimum Gasteiger partial charge on any atom is -0.469 e. The smallest absolute Gasteiger partial charge is 0.347 e.